The van der Waals surface area contributed by atoms with E-state index in [0.29, 0.717) is 23.2 Å². The second kappa shape index (κ2) is 5.24. The molecule has 3 aromatic rings. The molecule has 0 aliphatic heterocycles. The molecule has 19 heavy (non-hydrogen) atoms. The molecule has 0 spiro atoms. The van der Waals surface area contributed by atoms with Gasteiger partial charge in [-0.2, -0.15) is 0 Å². The van der Waals surface area contributed by atoms with Crippen LogP contribution < -0.4 is 0 Å². The largest absolute Gasteiger partial charge is 0.420 e. The van der Waals surface area contributed by atoms with Gasteiger partial charge in [0.05, 0.1) is 17.0 Å². The Morgan fingerprint density at radius 1 is 0.895 bits per heavy atom. The van der Waals surface area contributed by atoms with Crippen molar-refractivity contribution in [3.8, 4) is 11.5 Å². The van der Waals surface area contributed by atoms with E-state index in [-0.39, 0.29) is 0 Å². The van der Waals surface area contributed by atoms with Gasteiger partial charge in [-0.1, -0.05) is 54.1 Å². The third-order valence-electron chi connectivity index (χ3n) is 2.77. The molecule has 0 N–H and O–H groups in total. The van der Waals surface area contributed by atoms with Crippen LogP contribution in [-0.4, -0.2) is 10.2 Å². The van der Waals surface area contributed by atoms with Gasteiger partial charge in [0.2, 0.25) is 11.8 Å². The maximum absolute atomic E-state index is 6.10. The van der Waals surface area contributed by atoms with Gasteiger partial charge >= 0.3 is 0 Å². The zero-order valence-electron chi connectivity index (χ0n) is 10.1. The quantitative estimate of drug-likeness (QED) is 0.722. The number of aromatic nitrogens is 2. The number of hydrogen-bond acceptors (Lipinski definition) is 3. The Morgan fingerprint density at radius 3 is 2.42 bits per heavy atom. The highest BCUT2D eigenvalue weighted by molar-refractivity contribution is 6.33. The third-order valence-corrected chi connectivity index (χ3v) is 3.10. The van der Waals surface area contributed by atoms with Gasteiger partial charge in [0.15, 0.2) is 0 Å². The number of benzene rings is 2. The first kappa shape index (κ1) is 11.9. The van der Waals surface area contributed by atoms with Crippen LogP contribution in [0.25, 0.3) is 11.5 Å². The molecule has 0 aliphatic carbocycles. The number of rotatable bonds is 3. The van der Waals surface area contributed by atoms with E-state index in [1.165, 1.54) is 0 Å². The topological polar surface area (TPSA) is 38.9 Å². The predicted octanol–water partition coefficient (Wildman–Crippen LogP) is 3.98. The van der Waals surface area contributed by atoms with Gasteiger partial charge in [0.25, 0.3) is 0 Å². The molecule has 0 fully saturated rings. The maximum atomic E-state index is 6.10. The van der Waals surface area contributed by atoms with Crippen LogP contribution >= 0.6 is 11.6 Å². The van der Waals surface area contributed by atoms with Crippen molar-refractivity contribution in [1.29, 1.82) is 0 Å². The molecule has 0 radical (unpaired) electrons. The van der Waals surface area contributed by atoms with E-state index < -0.39 is 0 Å². The molecular weight excluding hydrogens is 260 g/mol. The fourth-order valence-electron chi connectivity index (χ4n) is 1.84. The van der Waals surface area contributed by atoms with Crippen molar-refractivity contribution in [1.82, 2.24) is 10.2 Å². The lowest BCUT2D eigenvalue weighted by molar-refractivity contribution is 0.518. The number of halogens is 1. The van der Waals surface area contributed by atoms with E-state index >= 15 is 0 Å². The summed E-state index contributed by atoms with van der Waals surface area (Å²) in [7, 11) is 0. The minimum absolute atomic E-state index is 0.455. The SMILES string of the molecule is Clc1ccccc1-c1nnc(Cc2ccccc2)o1. The molecule has 0 amide bonds. The lowest BCUT2D eigenvalue weighted by atomic mass is 10.1. The average molecular weight is 271 g/mol. The van der Waals surface area contributed by atoms with Gasteiger partial charge in [-0.15, -0.1) is 10.2 Å². The van der Waals surface area contributed by atoms with Crippen molar-refractivity contribution in [2.45, 2.75) is 6.42 Å². The van der Waals surface area contributed by atoms with E-state index in [4.69, 9.17) is 16.0 Å². The molecule has 0 atom stereocenters. The van der Waals surface area contributed by atoms with Gasteiger partial charge < -0.3 is 4.42 Å². The van der Waals surface area contributed by atoms with Crippen LogP contribution in [0.15, 0.2) is 59.0 Å². The van der Waals surface area contributed by atoms with Crippen molar-refractivity contribution < 1.29 is 4.42 Å². The third kappa shape index (κ3) is 2.66. The molecule has 3 rings (SSSR count). The Bertz CT molecular complexity index is 679. The summed E-state index contributed by atoms with van der Waals surface area (Å²) < 4.78 is 5.65. The Balaban J connectivity index is 1.86. The normalized spacial score (nSPS) is 10.6. The minimum Gasteiger partial charge on any atom is -0.420 e. The van der Waals surface area contributed by atoms with E-state index in [0.717, 1.165) is 11.1 Å². The average Bonchev–Trinajstić information content (AvgIpc) is 2.89. The Labute approximate surface area is 115 Å². The smallest absolute Gasteiger partial charge is 0.249 e. The molecule has 0 aliphatic rings. The molecule has 3 nitrogen and oxygen atoms in total. The first-order chi connectivity index (χ1) is 9.33. The zero-order valence-corrected chi connectivity index (χ0v) is 10.8. The van der Waals surface area contributed by atoms with E-state index in [9.17, 15) is 0 Å². The standard InChI is InChI=1S/C15H11ClN2O/c16-13-9-5-4-8-12(13)15-18-17-14(19-15)10-11-6-2-1-3-7-11/h1-9H,10H2. The number of hydrogen-bond donors (Lipinski definition) is 0. The van der Waals surface area contributed by atoms with Crippen LogP contribution in [0.5, 0.6) is 0 Å². The molecular formula is C15H11ClN2O. The van der Waals surface area contributed by atoms with E-state index in [1.54, 1.807) is 6.07 Å². The summed E-state index contributed by atoms with van der Waals surface area (Å²) in [5.74, 6) is 1.04. The van der Waals surface area contributed by atoms with Crippen LogP contribution in [0.4, 0.5) is 0 Å². The van der Waals surface area contributed by atoms with Gasteiger partial charge in [-0.25, -0.2) is 0 Å². The van der Waals surface area contributed by atoms with Crippen LogP contribution in [0, 0.1) is 0 Å². The van der Waals surface area contributed by atoms with Crippen molar-refractivity contribution in [2.75, 3.05) is 0 Å². The molecule has 94 valence electrons. The molecule has 0 saturated heterocycles. The summed E-state index contributed by atoms with van der Waals surface area (Å²) in [6.07, 6.45) is 0.623. The molecule has 1 aromatic heterocycles. The highest BCUT2D eigenvalue weighted by atomic mass is 35.5. The minimum atomic E-state index is 0.455. The first-order valence-corrected chi connectivity index (χ1v) is 6.32. The highest BCUT2D eigenvalue weighted by Crippen LogP contribution is 2.26. The Hall–Kier alpha value is -2.13. The first-order valence-electron chi connectivity index (χ1n) is 5.94. The lowest BCUT2D eigenvalue weighted by Gasteiger charge is -1.97. The van der Waals surface area contributed by atoms with Gasteiger partial charge in [0, 0.05) is 0 Å². The summed E-state index contributed by atoms with van der Waals surface area (Å²) in [5.41, 5.74) is 1.90. The second-order valence-electron chi connectivity index (χ2n) is 4.14. The summed E-state index contributed by atoms with van der Waals surface area (Å²) in [5, 5.41) is 8.70. The second-order valence-corrected chi connectivity index (χ2v) is 4.55. The summed E-state index contributed by atoms with van der Waals surface area (Å²) in [6, 6.07) is 17.4. The Kier molecular flexibility index (Phi) is 3.29. The summed E-state index contributed by atoms with van der Waals surface area (Å²) in [4.78, 5) is 0. The fourth-order valence-corrected chi connectivity index (χ4v) is 2.06. The fraction of sp³-hybridized carbons (Fsp3) is 0.0667. The van der Waals surface area contributed by atoms with Crippen LogP contribution in [0.2, 0.25) is 5.02 Å². The van der Waals surface area contributed by atoms with Crippen LogP contribution in [-0.2, 0) is 6.42 Å². The van der Waals surface area contributed by atoms with Gasteiger partial charge in [0.1, 0.15) is 0 Å². The predicted molar refractivity (Wildman–Crippen MR) is 74.0 cm³/mol. The molecule has 1 heterocycles. The number of nitrogens with zero attached hydrogens (tertiary/aromatic N) is 2. The van der Waals surface area contributed by atoms with Crippen molar-refractivity contribution in [3.63, 3.8) is 0 Å². The molecule has 2 aromatic carbocycles. The maximum Gasteiger partial charge on any atom is 0.249 e. The zero-order chi connectivity index (χ0) is 13.1. The van der Waals surface area contributed by atoms with Crippen LogP contribution in [0.3, 0.4) is 0 Å². The molecule has 4 heteroatoms. The molecule has 0 bridgehead atoms. The summed E-state index contributed by atoms with van der Waals surface area (Å²) in [6.45, 7) is 0. The Morgan fingerprint density at radius 2 is 1.63 bits per heavy atom. The summed E-state index contributed by atoms with van der Waals surface area (Å²) >= 11 is 6.10. The van der Waals surface area contributed by atoms with Gasteiger partial charge in [-0.05, 0) is 17.7 Å². The molecule has 0 saturated carbocycles. The van der Waals surface area contributed by atoms with E-state index in [2.05, 4.69) is 10.2 Å². The van der Waals surface area contributed by atoms with Crippen molar-refractivity contribution >= 4 is 11.6 Å². The van der Waals surface area contributed by atoms with Crippen LogP contribution in [0.1, 0.15) is 11.5 Å². The molecule has 0 unspecified atom stereocenters. The van der Waals surface area contributed by atoms with Gasteiger partial charge in [-0.3, -0.25) is 0 Å². The van der Waals surface area contributed by atoms with Crippen molar-refractivity contribution in [3.05, 3.63) is 71.1 Å². The highest BCUT2D eigenvalue weighted by Gasteiger charge is 2.11. The lowest BCUT2D eigenvalue weighted by Crippen LogP contribution is -1.87. The van der Waals surface area contributed by atoms with Crippen molar-refractivity contribution in [2.24, 2.45) is 0 Å². The monoisotopic (exact) mass is 270 g/mol. The van der Waals surface area contributed by atoms with E-state index in [1.807, 2.05) is 48.5 Å².